The highest BCUT2D eigenvalue weighted by Crippen LogP contribution is 2.32. The summed E-state index contributed by atoms with van der Waals surface area (Å²) >= 11 is 0. The lowest BCUT2D eigenvalue weighted by molar-refractivity contribution is 0.102. The first-order valence-corrected chi connectivity index (χ1v) is 9.06. The fourth-order valence-electron chi connectivity index (χ4n) is 2.80. The number of fused-ring (bicyclic) bond motifs is 1. The summed E-state index contributed by atoms with van der Waals surface area (Å²) in [6.45, 7) is 2.90. The smallest absolute Gasteiger partial charge is 0.275 e. The van der Waals surface area contributed by atoms with Gasteiger partial charge in [-0.15, -0.1) is 0 Å². The summed E-state index contributed by atoms with van der Waals surface area (Å²) in [6.07, 6.45) is 3.96. The molecule has 0 saturated heterocycles. The lowest BCUT2D eigenvalue weighted by Crippen LogP contribution is -2.14. The average Bonchev–Trinajstić information content (AvgIpc) is 3.21. The fraction of sp³-hybridized carbons (Fsp3) is 0.190. The molecule has 0 unspecified atom stereocenters. The lowest BCUT2D eigenvalue weighted by Gasteiger charge is -2.08. The summed E-state index contributed by atoms with van der Waals surface area (Å²) in [6, 6.07) is 13.5. The highest BCUT2D eigenvalue weighted by Gasteiger charge is 2.13. The van der Waals surface area contributed by atoms with Crippen molar-refractivity contribution in [1.29, 1.82) is 0 Å². The van der Waals surface area contributed by atoms with Crippen molar-refractivity contribution in [2.45, 2.75) is 19.9 Å². The second-order valence-corrected chi connectivity index (χ2v) is 6.33. The molecule has 0 saturated carbocycles. The number of hydrogen-bond donors (Lipinski definition) is 2. The molecule has 4 rings (SSSR count). The number of benzene rings is 2. The molecule has 0 radical (unpaired) electrons. The molecule has 28 heavy (non-hydrogen) atoms. The number of carbonyl (C=O) groups excluding carboxylic acids is 1. The third-order valence-corrected chi connectivity index (χ3v) is 4.42. The Bertz CT molecular complexity index is 972. The molecule has 1 aliphatic heterocycles. The molecule has 142 valence electrons. The predicted molar refractivity (Wildman–Crippen MR) is 106 cm³/mol. The number of ether oxygens (including phenoxy) is 2. The normalized spacial score (nSPS) is 11.9. The van der Waals surface area contributed by atoms with E-state index in [9.17, 15) is 4.79 Å². The van der Waals surface area contributed by atoms with Crippen LogP contribution in [0.15, 0.2) is 54.9 Å². The van der Waals surface area contributed by atoms with Gasteiger partial charge in [0.2, 0.25) is 6.79 Å². The zero-order valence-electron chi connectivity index (χ0n) is 15.4. The maximum atomic E-state index is 12.3. The standard InChI is InChI=1S/C21H20N4O3/c1-2-14-3-6-16(7-4-14)25-21(26)17-11-24-20(12-22-17)23-10-15-5-8-18-19(9-15)28-13-27-18/h3-9,11-12H,2,10,13H2,1H3,(H,23,24)(H,25,26). The van der Waals surface area contributed by atoms with Crippen LogP contribution in [0.5, 0.6) is 11.5 Å². The van der Waals surface area contributed by atoms with Crippen molar-refractivity contribution >= 4 is 17.4 Å². The van der Waals surface area contributed by atoms with E-state index in [1.54, 1.807) is 6.20 Å². The first kappa shape index (κ1) is 17.8. The molecule has 1 aromatic heterocycles. The van der Waals surface area contributed by atoms with Gasteiger partial charge in [0, 0.05) is 12.2 Å². The molecule has 2 N–H and O–H groups in total. The first-order valence-electron chi connectivity index (χ1n) is 9.06. The molecule has 2 aromatic carbocycles. The summed E-state index contributed by atoms with van der Waals surface area (Å²) < 4.78 is 10.7. The number of rotatable bonds is 6. The minimum atomic E-state index is -0.293. The molecule has 0 atom stereocenters. The Balaban J connectivity index is 1.34. The Morgan fingerprint density at radius 2 is 1.79 bits per heavy atom. The van der Waals surface area contributed by atoms with Gasteiger partial charge < -0.3 is 20.1 Å². The highest BCUT2D eigenvalue weighted by atomic mass is 16.7. The van der Waals surface area contributed by atoms with Crippen LogP contribution in [0.3, 0.4) is 0 Å². The third kappa shape index (κ3) is 4.03. The summed E-state index contributed by atoms with van der Waals surface area (Å²) in [7, 11) is 0. The second-order valence-electron chi connectivity index (χ2n) is 6.33. The number of carbonyl (C=O) groups is 1. The van der Waals surface area contributed by atoms with Crippen LogP contribution in [0.1, 0.15) is 28.5 Å². The number of nitrogens with zero attached hydrogens (tertiary/aromatic N) is 2. The Morgan fingerprint density at radius 3 is 2.54 bits per heavy atom. The van der Waals surface area contributed by atoms with Crippen LogP contribution in [-0.2, 0) is 13.0 Å². The van der Waals surface area contributed by atoms with Gasteiger partial charge in [-0.2, -0.15) is 0 Å². The fourth-order valence-corrected chi connectivity index (χ4v) is 2.80. The van der Waals surface area contributed by atoms with Crippen molar-refractivity contribution < 1.29 is 14.3 Å². The minimum Gasteiger partial charge on any atom is -0.454 e. The predicted octanol–water partition coefficient (Wildman–Crippen LogP) is 3.63. The minimum absolute atomic E-state index is 0.254. The molecule has 2 heterocycles. The Kier molecular flexibility index (Phi) is 5.05. The molecule has 1 amide bonds. The average molecular weight is 376 g/mol. The van der Waals surface area contributed by atoms with Gasteiger partial charge in [0.1, 0.15) is 11.5 Å². The van der Waals surface area contributed by atoms with Gasteiger partial charge in [0.05, 0.1) is 12.4 Å². The zero-order chi connectivity index (χ0) is 19.3. The maximum absolute atomic E-state index is 12.3. The molecule has 0 spiro atoms. The van der Waals surface area contributed by atoms with Gasteiger partial charge in [-0.1, -0.05) is 25.1 Å². The van der Waals surface area contributed by atoms with E-state index in [-0.39, 0.29) is 18.4 Å². The Hall–Kier alpha value is -3.61. The second kappa shape index (κ2) is 7.96. The van der Waals surface area contributed by atoms with Crippen LogP contribution in [0.4, 0.5) is 11.5 Å². The van der Waals surface area contributed by atoms with Crippen LogP contribution >= 0.6 is 0 Å². The number of aryl methyl sites for hydroxylation is 1. The maximum Gasteiger partial charge on any atom is 0.275 e. The van der Waals surface area contributed by atoms with E-state index in [0.717, 1.165) is 29.2 Å². The van der Waals surface area contributed by atoms with Gasteiger partial charge in [-0.25, -0.2) is 9.97 Å². The van der Waals surface area contributed by atoms with Crippen molar-refractivity contribution in [3.63, 3.8) is 0 Å². The van der Waals surface area contributed by atoms with Crippen LogP contribution in [-0.4, -0.2) is 22.7 Å². The van der Waals surface area contributed by atoms with Gasteiger partial charge in [0.15, 0.2) is 11.5 Å². The highest BCUT2D eigenvalue weighted by molar-refractivity contribution is 6.02. The van der Waals surface area contributed by atoms with Crippen molar-refractivity contribution in [3.8, 4) is 11.5 Å². The third-order valence-electron chi connectivity index (χ3n) is 4.42. The van der Waals surface area contributed by atoms with Gasteiger partial charge >= 0.3 is 0 Å². The lowest BCUT2D eigenvalue weighted by atomic mass is 10.1. The zero-order valence-corrected chi connectivity index (χ0v) is 15.4. The molecule has 1 aliphatic rings. The summed E-state index contributed by atoms with van der Waals surface area (Å²) in [5.41, 5.74) is 3.24. The molecular weight excluding hydrogens is 356 g/mol. The number of hydrogen-bond acceptors (Lipinski definition) is 6. The van der Waals surface area contributed by atoms with E-state index in [1.165, 1.54) is 11.8 Å². The van der Waals surface area contributed by atoms with E-state index in [4.69, 9.17) is 9.47 Å². The van der Waals surface area contributed by atoms with Crippen molar-refractivity contribution in [3.05, 3.63) is 71.7 Å². The molecule has 0 fully saturated rings. The Morgan fingerprint density at radius 1 is 1.00 bits per heavy atom. The summed E-state index contributed by atoms with van der Waals surface area (Å²) in [5, 5.41) is 6.00. The van der Waals surface area contributed by atoms with Crippen LogP contribution < -0.4 is 20.1 Å². The molecular formula is C21H20N4O3. The summed E-state index contributed by atoms with van der Waals surface area (Å²) in [5.74, 6) is 1.79. The van der Waals surface area contributed by atoms with Crippen LogP contribution in [0, 0.1) is 0 Å². The van der Waals surface area contributed by atoms with Crippen molar-refractivity contribution in [2.75, 3.05) is 17.4 Å². The molecule has 3 aromatic rings. The van der Waals surface area contributed by atoms with Crippen LogP contribution in [0.25, 0.3) is 0 Å². The van der Waals surface area contributed by atoms with Crippen molar-refractivity contribution in [1.82, 2.24) is 9.97 Å². The molecule has 0 bridgehead atoms. The number of nitrogens with one attached hydrogen (secondary N) is 2. The van der Waals surface area contributed by atoms with Crippen molar-refractivity contribution in [2.24, 2.45) is 0 Å². The van der Waals surface area contributed by atoms with Crippen LogP contribution in [0.2, 0.25) is 0 Å². The monoisotopic (exact) mass is 376 g/mol. The topological polar surface area (TPSA) is 85.4 Å². The van der Waals surface area contributed by atoms with E-state index in [2.05, 4.69) is 27.5 Å². The molecule has 7 heteroatoms. The van der Waals surface area contributed by atoms with Gasteiger partial charge in [-0.05, 0) is 41.8 Å². The molecule has 0 aliphatic carbocycles. The number of amides is 1. The van der Waals surface area contributed by atoms with E-state index in [0.29, 0.717) is 12.4 Å². The van der Waals surface area contributed by atoms with Gasteiger partial charge in [0.25, 0.3) is 5.91 Å². The number of anilines is 2. The first-order chi connectivity index (χ1) is 13.7. The van der Waals surface area contributed by atoms with Gasteiger partial charge in [-0.3, -0.25) is 4.79 Å². The van der Waals surface area contributed by atoms with E-state index in [1.807, 2.05) is 42.5 Å². The summed E-state index contributed by atoms with van der Waals surface area (Å²) in [4.78, 5) is 20.8. The Labute approximate surface area is 162 Å². The quantitative estimate of drug-likeness (QED) is 0.683. The number of aromatic nitrogens is 2. The van der Waals surface area contributed by atoms with E-state index < -0.39 is 0 Å². The molecule has 7 nitrogen and oxygen atoms in total. The van der Waals surface area contributed by atoms with E-state index >= 15 is 0 Å². The largest absolute Gasteiger partial charge is 0.454 e. The SMILES string of the molecule is CCc1ccc(NC(=O)c2cnc(NCc3ccc4c(c3)OCO4)cn2)cc1.